The number of nitrogens with one attached hydrogen (secondary N) is 2. The van der Waals surface area contributed by atoms with Gasteiger partial charge in [0, 0.05) is 10.7 Å². The minimum Gasteiger partial charge on any atom is -0.484 e. The van der Waals surface area contributed by atoms with Gasteiger partial charge in [0.25, 0.3) is 15.9 Å². The predicted molar refractivity (Wildman–Crippen MR) is 114 cm³/mol. The highest BCUT2D eigenvalue weighted by Gasteiger charge is 2.14. The molecule has 0 bridgehead atoms. The number of sulfonamides is 1. The number of rotatable bonds is 7. The van der Waals surface area contributed by atoms with Gasteiger partial charge in [-0.05, 0) is 67.1 Å². The van der Waals surface area contributed by atoms with Gasteiger partial charge in [-0.25, -0.2) is 8.42 Å². The number of aryl methyl sites for hydroxylation is 1. The Balaban J connectivity index is 1.59. The Kier molecular flexibility index (Phi) is 6.41. The minimum atomic E-state index is -3.77. The van der Waals surface area contributed by atoms with Crippen molar-refractivity contribution < 1.29 is 17.9 Å². The SMILES string of the molecule is Cc1cccc(OCC(=O)Nc2ccc(S(=O)(=O)Nc3cccc(Cl)c3)cc2)c1. The molecule has 0 atom stereocenters. The summed E-state index contributed by atoms with van der Waals surface area (Å²) >= 11 is 5.88. The van der Waals surface area contributed by atoms with E-state index in [0.717, 1.165) is 5.56 Å². The second-order valence-corrected chi connectivity index (χ2v) is 8.41. The molecule has 0 radical (unpaired) electrons. The molecular formula is C21H19ClN2O4S. The summed E-state index contributed by atoms with van der Waals surface area (Å²) in [5.41, 5.74) is 1.86. The molecule has 3 aromatic carbocycles. The van der Waals surface area contributed by atoms with E-state index in [9.17, 15) is 13.2 Å². The van der Waals surface area contributed by atoms with Crippen molar-refractivity contribution >= 4 is 38.9 Å². The van der Waals surface area contributed by atoms with Gasteiger partial charge in [0.1, 0.15) is 5.75 Å². The Morgan fingerprint density at radius 3 is 2.38 bits per heavy atom. The van der Waals surface area contributed by atoms with Crippen LogP contribution in [0, 0.1) is 6.92 Å². The average molecular weight is 431 g/mol. The average Bonchev–Trinajstić information content (AvgIpc) is 2.67. The van der Waals surface area contributed by atoms with Crippen molar-refractivity contribution in [2.24, 2.45) is 0 Å². The van der Waals surface area contributed by atoms with Gasteiger partial charge < -0.3 is 10.1 Å². The summed E-state index contributed by atoms with van der Waals surface area (Å²) in [7, 11) is -3.77. The highest BCUT2D eigenvalue weighted by atomic mass is 35.5. The number of benzene rings is 3. The van der Waals surface area contributed by atoms with Crippen LogP contribution in [0.1, 0.15) is 5.56 Å². The third-order valence-corrected chi connectivity index (χ3v) is 5.52. The summed E-state index contributed by atoms with van der Waals surface area (Å²) in [5, 5.41) is 3.09. The number of anilines is 2. The summed E-state index contributed by atoms with van der Waals surface area (Å²) < 4.78 is 32.8. The van der Waals surface area contributed by atoms with Gasteiger partial charge in [-0.3, -0.25) is 9.52 Å². The number of carbonyl (C=O) groups excluding carboxylic acids is 1. The molecule has 0 heterocycles. The zero-order valence-electron chi connectivity index (χ0n) is 15.6. The number of hydrogen-bond donors (Lipinski definition) is 2. The Morgan fingerprint density at radius 1 is 0.966 bits per heavy atom. The molecule has 0 aliphatic rings. The summed E-state index contributed by atoms with van der Waals surface area (Å²) in [6.07, 6.45) is 0. The van der Waals surface area contributed by atoms with Gasteiger partial charge in [0.2, 0.25) is 0 Å². The Hall–Kier alpha value is -3.03. The maximum absolute atomic E-state index is 12.5. The zero-order chi connectivity index (χ0) is 20.9. The summed E-state index contributed by atoms with van der Waals surface area (Å²) in [5.74, 6) is 0.257. The lowest BCUT2D eigenvalue weighted by Crippen LogP contribution is -2.20. The molecule has 0 saturated carbocycles. The predicted octanol–water partition coefficient (Wildman–Crippen LogP) is 4.47. The van der Waals surface area contributed by atoms with Crippen molar-refractivity contribution in [1.82, 2.24) is 0 Å². The van der Waals surface area contributed by atoms with Crippen LogP contribution in [0.15, 0.2) is 77.7 Å². The fraction of sp³-hybridized carbons (Fsp3) is 0.0952. The minimum absolute atomic E-state index is 0.0616. The van der Waals surface area contributed by atoms with Crippen molar-refractivity contribution in [1.29, 1.82) is 0 Å². The summed E-state index contributed by atoms with van der Waals surface area (Å²) in [4.78, 5) is 12.1. The lowest BCUT2D eigenvalue weighted by atomic mass is 10.2. The molecule has 0 aliphatic carbocycles. The fourth-order valence-electron chi connectivity index (χ4n) is 2.53. The monoisotopic (exact) mass is 430 g/mol. The van der Waals surface area contributed by atoms with Gasteiger partial charge in [-0.15, -0.1) is 0 Å². The Labute approximate surface area is 174 Å². The van der Waals surface area contributed by atoms with Crippen LogP contribution in [0.5, 0.6) is 5.75 Å². The first-order valence-electron chi connectivity index (χ1n) is 8.70. The fourth-order valence-corrected chi connectivity index (χ4v) is 3.77. The van der Waals surface area contributed by atoms with Crippen LogP contribution in [0.4, 0.5) is 11.4 Å². The molecule has 6 nitrogen and oxygen atoms in total. The van der Waals surface area contributed by atoms with E-state index < -0.39 is 10.0 Å². The first-order valence-corrected chi connectivity index (χ1v) is 10.6. The smallest absolute Gasteiger partial charge is 0.262 e. The van der Waals surface area contributed by atoms with Crippen molar-refractivity contribution in [2.75, 3.05) is 16.6 Å². The molecule has 0 aromatic heterocycles. The Morgan fingerprint density at radius 2 is 1.69 bits per heavy atom. The van der Waals surface area contributed by atoms with E-state index in [1.165, 1.54) is 30.3 Å². The van der Waals surface area contributed by atoms with Gasteiger partial charge in [-0.2, -0.15) is 0 Å². The van der Waals surface area contributed by atoms with Crippen molar-refractivity contribution in [3.63, 3.8) is 0 Å². The summed E-state index contributed by atoms with van der Waals surface area (Å²) in [6, 6.07) is 19.6. The third-order valence-electron chi connectivity index (χ3n) is 3.88. The molecular weight excluding hydrogens is 412 g/mol. The maximum Gasteiger partial charge on any atom is 0.262 e. The number of ether oxygens (including phenoxy) is 1. The first kappa shape index (κ1) is 20.7. The van der Waals surface area contributed by atoms with E-state index in [-0.39, 0.29) is 17.4 Å². The van der Waals surface area contributed by atoms with Crippen LogP contribution in [0.3, 0.4) is 0 Å². The second-order valence-electron chi connectivity index (χ2n) is 6.29. The molecule has 1 amide bonds. The van der Waals surface area contributed by atoms with Gasteiger partial charge in [0.15, 0.2) is 6.61 Å². The van der Waals surface area contributed by atoms with E-state index in [2.05, 4.69) is 10.0 Å². The zero-order valence-corrected chi connectivity index (χ0v) is 17.1. The van der Waals surface area contributed by atoms with E-state index in [4.69, 9.17) is 16.3 Å². The third kappa shape index (κ3) is 5.97. The Bertz CT molecular complexity index is 1120. The first-order chi connectivity index (χ1) is 13.8. The van der Waals surface area contributed by atoms with E-state index in [0.29, 0.717) is 22.1 Å². The van der Waals surface area contributed by atoms with Crippen LogP contribution < -0.4 is 14.8 Å². The molecule has 150 valence electrons. The topological polar surface area (TPSA) is 84.5 Å². The molecule has 29 heavy (non-hydrogen) atoms. The number of hydrogen-bond acceptors (Lipinski definition) is 4. The lowest BCUT2D eigenvalue weighted by molar-refractivity contribution is -0.118. The van der Waals surface area contributed by atoms with E-state index in [1.807, 2.05) is 25.1 Å². The van der Waals surface area contributed by atoms with Gasteiger partial charge >= 0.3 is 0 Å². The molecule has 0 unspecified atom stereocenters. The van der Waals surface area contributed by atoms with Gasteiger partial charge in [0.05, 0.1) is 10.6 Å². The van der Waals surface area contributed by atoms with Crippen LogP contribution in [-0.2, 0) is 14.8 Å². The number of carbonyl (C=O) groups is 1. The highest BCUT2D eigenvalue weighted by molar-refractivity contribution is 7.92. The number of halogens is 1. The molecule has 0 spiro atoms. The van der Waals surface area contributed by atoms with Crippen molar-refractivity contribution in [2.45, 2.75) is 11.8 Å². The standard InChI is InChI=1S/C21H19ClN2O4S/c1-15-4-2-7-19(12-15)28-14-21(25)23-17-8-10-20(11-9-17)29(26,27)24-18-6-3-5-16(22)13-18/h2-13,24H,14H2,1H3,(H,23,25). The molecule has 3 rings (SSSR count). The lowest BCUT2D eigenvalue weighted by Gasteiger charge is -2.10. The normalized spacial score (nSPS) is 11.0. The largest absolute Gasteiger partial charge is 0.484 e. The van der Waals surface area contributed by atoms with E-state index >= 15 is 0 Å². The highest BCUT2D eigenvalue weighted by Crippen LogP contribution is 2.21. The molecule has 0 aliphatic heterocycles. The van der Waals surface area contributed by atoms with Crippen LogP contribution in [0.25, 0.3) is 0 Å². The quantitative estimate of drug-likeness (QED) is 0.579. The van der Waals surface area contributed by atoms with Crippen LogP contribution in [-0.4, -0.2) is 20.9 Å². The van der Waals surface area contributed by atoms with Crippen LogP contribution >= 0.6 is 11.6 Å². The second kappa shape index (κ2) is 8.98. The summed E-state index contributed by atoms with van der Waals surface area (Å²) in [6.45, 7) is 1.78. The molecule has 8 heteroatoms. The molecule has 2 N–H and O–H groups in total. The van der Waals surface area contributed by atoms with Crippen LogP contribution in [0.2, 0.25) is 5.02 Å². The van der Waals surface area contributed by atoms with E-state index in [1.54, 1.807) is 24.3 Å². The number of amides is 1. The van der Waals surface area contributed by atoms with Crippen molar-refractivity contribution in [3.8, 4) is 5.75 Å². The van der Waals surface area contributed by atoms with Crippen molar-refractivity contribution in [3.05, 3.63) is 83.4 Å². The maximum atomic E-state index is 12.5. The molecule has 0 fully saturated rings. The molecule has 3 aromatic rings. The van der Waals surface area contributed by atoms with Gasteiger partial charge in [-0.1, -0.05) is 29.8 Å². The molecule has 0 saturated heterocycles.